The van der Waals surface area contributed by atoms with E-state index in [1.54, 1.807) is 0 Å². The molecule has 1 aliphatic carbocycles. The van der Waals surface area contributed by atoms with Crippen molar-refractivity contribution in [3.8, 4) is 0 Å². The highest BCUT2D eigenvalue weighted by atomic mass is 16.1. The summed E-state index contributed by atoms with van der Waals surface area (Å²) in [6.07, 6.45) is 8.80. The second-order valence-corrected chi connectivity index (χ2v) is 5.30. The summed E-state index contributed by atoms with van der Waals surface area (Å²) in [4.78, 5) is 11.4. The molecule has 0 aliphatic heterocycles. The van der Waals surface area contributed by atoms with Crippen molar-refractivity contribution < 1.29 is 4.79 Å². The van der Waals surface area contributed by atoms with Crippen LogP contribution in [-0.4, -0.2) is 25.5 Å². The molecule has 1 unspecified atom stereocenters. The van der Waals surface area contributed by atoms with Gasteiger partial charge < -0.3 is 10.6 Å². The van der Waals surface area contributed by atoms with Crippen LogP contribution in [-0.2, 0) is 4.79 Å². The molecule has 98 valence electrons. The second kappa shape index (κ2) is 8.29. The molecule has 1 aliphatic rings. The molecule has 3 nitrogen and oxygen atoms in total. The molecule has 0 aromatic carbocycles. The van der Waals surface area contributed by atoms with E-state index >= 15 is 0 Å². The van der Waals surface area contributed by atoms with E-state index in [0.29, 0.717) is 12.3 Å². The van der Waals surface area contributed by atoms with E-state index in [0.717, 1.165) is 25.6 Å². The number of carbonyl (C=O) groups is 1. The van der Waals surface area contributed by atoms with E-state index in [9.17, 15) is 4.79 Å². The van der Waals surface area contributed by atoms with Crippen LogP contribution in [0.3, 0.4) is 0 Å². The Labute approximate surface area is 105 Å². The van der Waals surface area contributed by atoms with Crippen molar-refractivity contribution in [2.24, 2.45) is 11.8 Å². The van der Waals surface area contributed by atoms with Gasteiger partial charge in [-0.3, -0.25) is 4.79 Å². The first kappa shape index (κ1) is 14.2. The van der Waals surface area contributed by atoms with Crippen LogP contribution in [0, 0.1) is 11.8 Å². The van der Waals surface area contributed by atoms with E-state index in [1.165, 1.54) is 19.3 Å². The molecule has 17 heavy (non-hydrogen) atoms. The standard InChI is InChI=1S/C14H26N2O/c1-12(2)10-16-14(17)8-9-15-11-13-6-4-3-5-7-13/h3-4,12-13,15H,5-11H2,1-2H3,(H,16,17). The maximum atomic E-state index is 11.4. The fraction of sp³-hybridized carbons (Fsp3) is 0.786. The van der Waals surface area contributed by atoms with Crippen molar-refractivity contribution in [3.05, 3.63) is 12.2 Å². The minimum Gasteiger partial charge on any atom is -0.356 e. The molecule has 1 amide bonds. The summed E-state index contributed by atoms with van der Waals surface area (Å²) in [5.74, 6) is 1.45. The zero-order chi connectivity index (χ0) is 12.5. The molecule has 1 atom stereocenters. The lowest BCUT2D eigenvalue weighted by atomic mass is 9.94. The number of nitrogens with one attached hydrogen (secondary N) is 2. The Morgan fingerprint density at radius 3 is 2.88 bits per heavy atom. The Hall–Kier alpha value is -0.830. The Balaban J connectivity index is 1.96. The normalized spacial score (nSPS) is 19.6. The highest BCUT2D eigenvalue weighted by Crippen LogP contribution is 2.16. The maximum absolute atomic E-state index is 11.4. The van der Waals surface area contributed by atoms with Crippen LogP contribution in [0.2, 0.25) is 0 Å². The number of amides is 1. The molecule has 1 rings (SSSR count). The van der Waals surface area contributed by atoms with Crippen LogP contribution in [0.15, 0.2) is 12.2 Å². The number of carbonyl (C=O) groups excluding carboxylic acids is 1. The summed E-state index contributed by atoms with van der Waals surface area (Å²) >= 11 is 0. The van der Waals surface area contributed by atoms with Crippen LogP contribution >= 0.6 is 0 Å². The third kappa shape index (κ3) is 7.16. The van der Waals surface area contributed by atoms with Gasteiger partial charge in [0.25, 0.3) is 0 Å². The number of hydrogen-bond acceptors (Lipinski definition) is 2. The van der Waals surface area contributed by atoms with Crippen LogP contribution in [0.4, 0.5) is 0 Å². The van der Waals surface area contributed by atoms with Gasteiger partial charge in [-0.05, 0) is 37.6 Å². The van der Waals surface area contributed by atoms with Gasteiger partial charge in [0.05, 0.1) is 0 Å². The molecule has 2 N–H and O–H groups in total. The largest absolute Gasteiger partial charge is 0.356 e. The van der Waals surface area contributed by atoms with Gasteiger partial charge in [-0.1, -0.05) is 26.0 Å². The lowest BCUT2D eigenvalue weighted by Gasteiger charge is -2.18. The molecule has 3 heteroatoms. The molecule has 0 radical (unpaired) electrons. The predicted octanol–water partition coefficient (Wildman–Crippen LogP) is 2.09. The minimum absolute atomic E-state index is 0.162. The Morgan fingerprint density at radius 2 is 2.24 bits per heavy atom. The summed E-state index contributed by atoms with van der Waals surface area (Å²) in [6.45, 7) is 6.84. The van der Waals surface area contributed by atoms with Gasteiger partial charge in [-0.25, -0.2) is 0 Å². The van der Waals surface area contributed by atoms with Crippen molar-refractivity contribution in [2.45, 2.75) is 39.5 Å². The SMILES string of the molecule is CC(C)CNC(=O)CCNCC1CC=CCC1. The molecular weight excluding hydrogens is 212 g/mol. The van der Waals surface area contributed by atoms with Crippen molar-refractivity contribution in [3.63, 3.8) is 0 Å². The Kier molecular flexibility index (Phi) is 6.94. The van der Waals surface area contributed by atoms with E-state index in [2.05, 4.69) is 36.6 Å². The van der Waals surface area contributed by atoms with Crippen molar-refractivity contribution in [1.82, 2.24) is 10.6 Å². The summed E-state index contributed by atoms with van der Waals surface area (Å²) < 4.78 is 0. The summed E-state index contributed by atoms with van der Waals surface area (Å²) in [5, 5.41) is 6.31. The van der Waals surface area contributed by atoms with Crippen LogP contribution < -0.4 is 10.6 Å². The van der Waals surface area contributed by atoms with Crippen molar-refractivity contribution in [2.75, 3.05) is 19.6 Å². The molecule has 0 fully saturated rings. The number of hydrogen-bond donors (Lipinski definition) is 2. The van der Waals surface area contributed by atoms with Gasteiger partial charge in [0.15, 0.2) is 0 Å². The first-order valence-electron chi connectivity index (χ1n) is 6.81. The lowest BCUT2D eigenvalue weighted by Crippen LogP contribution is -2.32. The third-order valence-corrected chi connectivity index (χ3v) is 3.05. The molecule has 0 bridgehead atoms. The molecular formula is C14H26N2O. The van der Waals surface area contributed by atoms with Gasteiger partial charge in [-0.2, -0.15) is 0 Å². The Bertz CT molecular complexity index is 249. The van der Waals surface area contributed by atoms with Crippen LogP contribution in [0.1, 0.15) is 39.5 Å². The number of rotatable bonds is 7. The molecule has 0 saturated heterocycles. The number of allylic oxidation sites excluding steroid dienone is 2. The third-order valence-electron chi connectivity index (χ3n) is 3.05. The first-order valence-corrected chi connectivity index (χ1v) is 6.81. The van der Waals surface area contributed by atoms with E-state index in [-0.39, 0.29) is 5.91 Å². The highest BCUT2D eigenvalue weighted by Gasteiger charge is 2.09. The smallest absolute Gasteiger partial charge is 0.221 e. The zero-order valence-corrected chi connectivity index (χ0v) is 11.2. The summed E-state index contributed by atoms with van der Waals surface area (Å²) in [7, 11) is 0. The monoisotopic (exact) mass is 238 g/mol. The second-order valence-electron chi connectivity index (χ2n) is 5.30. The van der Waals surface area contributed by atoms with Gasteiger partial charge >= 0.3 is 0 Å². The van der Waals surface area contributed by atoms with E-state index in [4.69, 9.17) is 0 Å². The lowest BCUT2D eigenvalue weighted by molar-refractivity contribution is -0.121. The zero-order valence-electron chi connectivity index (χ0n) is 11.2. The summed E-state index contributed by atoms with van der Waals surface area (Å²) in [6, 6.07) is 0. The highest BCUT2D eigenvalue weighted by molar-refractivity contribution is 5.76. The molecule has 0 heterocycles. The molecule has 0 spiro atoms. The molecule has 0 saturated carbocycles. The van der Waals surface area contributed by atoms with Crippen LogP contribution in [0.25, 0.3) is 0 Å². The maximum Gasteiger partial charge on any atom is 0.221 e. The van der Waals surface area contributed by atoms with Crippen molar-refractivity contribution >= 4 is 5.91 Å². The summed E-state index contributed by atoms with van der Waals surface area (Å²) in [5.41, 5.74) is 0. The average molecular weight is 238 g/mol. The Morgan fingerprint density at radius 1 is 1.41 bits per heavy atom. The van der Waals surface area contributed by atoms with E-state index < -0.39 is 0 Å². The topological polar surface area (TPSA) is 41.1 Å². The predicted molar refractivity (Wildman–Crippen MR) is 71.8 cm³/mol. The van der Waals surface area contributed by atoms with Crippen LogP contribution in [0.5, 0.6) is 0 Å². The molecule has 0 aromatic rings. The quantitative estimate of drug-likeness (QED) is 0.527. The van der Waals surface area contributed by atoms with Gasteiger partial charge in [-0.15, -0.1) is 0 Å². The van der Waals surface area contributed by atoms with Crippen molar-refractivity contribution in [1.29, 1.82) is 0 Å². The fourth-order valence-corrected chi connectivity index (χ4v) is 1.96. The van der Waals surface area contributed by atoms with Gasteiger partial charge in [0.2, 0.25) is 5.91 Å². The fourth-order valence-electron chi connectivity index (χ4n) is 1.96. The average Bonchev–Trinajstić information content (AvgIpc) is 2.33. The molecule has 0 aromatic heterocycles. The van der Waals surface area contributed by atoms with Gasteiger partial charge in [0.1, 0.15) is 0 Å². The minimum atomic E-state index is 0.162. The van der Waals surface area contributed by atoms with Gasteiger partial charge in [0, 0.05) is 19.5 Å². The van der Waals surface area contributed by atoms with E-state index in [1.807, 2.05) is 0 Å². The first-order chi connectivity index (χ1) is 8.18.